The zero-order valence-electron chi connectivity index (χ0n) is 13.9. The van der Waals surface area contributed by atoms with Gasteiger partial charge in [0.15, 0.2) is 0 Å². The first kappa shape index (κ1) is 17.5. The maximum absolute atomic E-state index is 12.5. The van der Waals surface area contributed by atoms with Crippen LogP contribution < -0.4 is 10.6 Å². The summed E-state index contributed by atoms with van der Waals surface area (Å²) < 4.78 is 0. The van der Waals surface area contributed by atoms with Gasteiger partial charge in [-0.05, 0) is 36.1 Å². The van der Waals surface area contributed by atoms with E-state index in [4.69, 9.17) is 11.6 Å². The lowest BCUT2D eigenvalue weighted by molar-refractivity contribution is -0.127. The largest absolute Gasteiger partial charge is 0.355 e. The molecule has 2 N–H and O–H groups in total. The van der Waals surface area contributed by atoms with Crippen LogP contribution >= 0.6 is 11.6 Å². The predicted octanol–water partition coefficient (Wildman–Crippen LogP) is 3.27. The van der Waals surface area contributed by atoms with Crippen LogP contribution in [0.4, 0.5) is 0 Å². The minimum absolute atomic E-state index is 0.0660. The molecule has 0 aromatic heterocycles. The Morgan fingerprint density at radius 1 is 1.20 bits per heavy atom. The van der Waals surface area contributed by atoms with E-state index in [1.807, 2.05) is 42.5 Å². The van der Waals surface area contributed by atoms with E-state index in [1.165, 1.54) is 5.56 Å². The fraction of sp³-hybridized carbons (Fsp3) is 0.300. The van der Waals surface area contributed by atoms with Crippen LogP contribution in [0, 0.1) is 5.92 Å². The SMILES string of the molecule is O=C1C[C@H](C(=O)NC(CCc2ccccc2)c2cccc(Cl)c2)CN1. The molecular formula is C20H21ClN2O2. The molecule has 5 heteroatoms. The van der Waals surface area contributed by atoms with Crippen molar-refractivity contribution in [2.24, 2.45) is 5.92 Å². The highest BCUT2D eigenvalue weighted by atomic mass is 35.5. The minimum atomic E-state index is -0.300. The third-order valence-electron chi connectivity index (χ3n) is 4.48. The van der Waals surface area contributed by atoms with Crippen LogP contribution in [0.25, 0.3) is 0 Å². The lowest BCUT2D eigenvalue weighted by Crippen LogP contribution is -2.35. The molecule has 1 aliphatic heterocycles. The molecule has 2 amide bonds. The summed E-state index contributed by atoms with van der Waals surface area (Å²) in [6.07, 6.45) is 1.87. The van der Waals surface area contributed by atoms with E-state index in [2.05, 4.69) is 22.8 Å². The van der Waals surface area contributed by atoms with E-state index in [-0.39, 0.29) is 30.2 Å². The monoisotopic (exact) mass is 356 g/mol. The topological polar surface area (TPSA) is 58.2 Å². The number of nitrogens with one attached hydrogen (secondary N) is 2. The van der Waals surface area contributed by atoms with E-state index in [1.54, 1.807) is 0 Å². The number of carbonyl (C=O) groups is 2. The highest BCUT2D eigenvalue weighted by Gasteiger charge is 2.29. The van der Waals surface area contributed by atoms with Crippen LogP contribution in [-0.4, -0.2) is 18.4 Å². The average molecular weight is 357 g/mol. The van der Waals surface area contributed by atoms with Gasteiger partial charge < -0.3 is 10.6 Å². The summed E-state index contributed by atoms with van der Waals surface area (Å²) in [5, 5.41) is 6.46. The summed E-state index contributed by atoms with van der Waals surface area (Å²) in [5.41, 5.74) is 2.20. The van der Waals surface area contributed by atoms with Gasteiger partial charge in [-0.25, -0.2) is 0 Å². The number of benzene rings is 2. The first-order valence-corrected chi connectivity index (χ1v) is 8.86. The van der Waals surface area contributed by atoms with Crippen molar-refractivity contribution in [3.05, 3.63) is 70.7 Å². The number of hydrogen-bond acceptors (Lipinski definition) is 2. The summed E-state index contributed by atoms with van der Waals surface area (Å²) >= 11 is 6.12. The van der Waals surface area contributed by atoms with Gasteiger partial charge in [0.05, 0.1) is 12.0 Å². The maximum Gasteiger partial charge on any atom is 0.225 e. The lowest BCUT2D eigenvalue weighted by atomic mass is 9.97. The number of hydrogen-bond donors (Lipinski definition) is 2. The van der Waals surface area contributed by atoms with E-state index >= 15 is 0 Å². The Hall–Kier alpha value is -2.33. The number of amides is 2. The molecule has 1 aliphatic rings. The third kappa shape index (κ3) is 4.83. The Morgan fingerprint density at radius 3 is 2.68 bits per heavy atom. The van der Waals surface area contributed by atoms with Crippen molar-refractivity contribution in [2.75, 3.05) is 6.54 Å². The molecule has 4 nitrogen and oxygen atoms in total. The normalized spacial score (nSPS) is 17.8. The fourth-order valence-corrected chi connectivity index (χ4v) is 3.28. The van der Waals surface area contributed by atoms with Crippen LogP contribution in [0.5, 0.6) is 0 Å². The van der Waals surface area contributed by atoms with Gasteiger partial charge in [0, 0.05) is 18.0 Å². The van der Waals surface area contributed by atoms with Crippen molar-refractivity contribution in [3.63, 3.8) is 0 Å². The van der Waals surface area contributed by atoms with Crippen molar-refractivity contribution >= 4 is 23.4 Å². The molecule has 1 fully saturated rings. The Morgan fingerprint density at radius 2 is 2.00 bits per heavy atom. The van der Waals surface area contributed by atoms with Gasteiger partial charge in [0.25, 0.3) is 0 Å². The second-order valence-electron chi connectivity index (χ2n) is 6.35. The summed E-state index contributed by atoms with van der Waals surface area (Å²) in [7, 11) is 0. The Bertz CT molecular complexity index is 748. The molecule has 0 radical (unpaired) electrons. The van der Waals surface area contributed by atoms with E-state index < -0.39 is 0 Å². The van der Waals surface area contributed by atoms with Crippen LogP contribution in [-0.2, 0) is 16.0 Å². The Kier molecular flexibility index (Phi) is 5.71. The van der Waals surface area contributed by atoms with Gasteiger partial charge in [-0.1, -0.05) is 54.1 Å². The summed E-state index contributed by atoms with van der Waals surface area (Å²) in [4.78, 5) is 23.9. The van der Waals surface area contributed by atoms with Gasteiger partial charge >= 0.3 is 0 Å². The zero-order valence-corrected chi connectivity index (χ0v) is 14.6. The molecule has 0 bridgehead atoms. The Labute approximate surface area is 152 Å². The van der Waals surface area contributed by atoms with E-state index in [0.717, 1.165) is 18.4 Å². The number of carbonyl (C=O) groups excluding carboxylic acids is 2. The summed E-state index contributed by atoms with van der Waals surface area (Å²) in [6, 6.07) is 17.6. The van der Waals surface area contributed by atoms with Crippen molar-refractivity contribution in [3.8, 4) is 0 Å². The van der Waals surface area contributed by atoms with Crippen LogP contribution in [0.1, 0.15) is 30.0 Å². The molecule has 2 aromatic carbocycles. The highest BCUT2D eigenvalue weighted by molar-refractivity contribution is 6.30. The van der Waals surface area contributed by atoms with Gasteiger partial charge in [-0.15, -0.1) is 0 Å². The van der Waals surface area contributed by atoms with Gasteiger partial charge in [-0.3, -0.25) is 9.59 Å². The molecule has 3 rings (SSSR count). The maximum atomic E-state index is 12.5. The van der Waals surface area contributed by atoms with Gasteiger partial charge in [0.1, 0.15) is 0 Å². The molecule has 0 spiro atoms. The molecule has 2 aromatic rings. The number of aryl methyl sites for hydroxylation is 1. The number of halogens is 1. The fourth-order valence-electron chi connectivity index (χ4n) is 3.08. The first-order valence-electron chi connectivity index (χ1n) is 8.48. The van der Waals surface area contributed by atoms with Crippen molar-refractivity contribution in [1.82, 2.24) is 10.6 Å². The second kappa shape index (κ2) is 8.17. The summed E-state index contributed by atoms with van der Waals surface area (Å²) in [5.74, 6) is -0.453. The van der Waals surface area contributed by atoms with Gasteiger partial charge in [0.2, 0.25) is 11.8 Å². The second-order valence-corrected chi connectivity index (χ2v) is 6.78. The van der Waals surface area contributed by atoms with Crippen LogP contribution in [0.2, 0.25) is 5.02 Å². The van der Waals surface area contributed by atoms with Crippen molar-refractivity contribution in [1.29, 1.82) is 0 Å². The molecule has 1 heterocycles. The lowest BCUT2D eigenvalue weighted by Gasteiger charge is -2.21. The third-order valence-corrected chi connectivity index (χ3v) is 4.72. The molecule has 1 unspecified atom stereocenters. The van der Waals surface area contributed by atoms with E-state index in [9.17, 15) is 9.59 Å². The molecular weight excluding hydrogens is 336 g/mol. The zero-order chi connectivity index (χ0) is 17.6. The number of rotatable bonds is 6. The van der Waals surface area contributed by atoms with E-state index in [0.29, 0.717) is 11.6 Å². The molecule has 0 aliphatic carbocycles. The van der Waals surface area contributed by atoms with Crippen LogP contribution in [0.15, 0.2) is 54.6 Å². The molecule has 130 valence electrons. The van der Waals surface area contributed by atoms with Crippen molar-refractivity contribution in [2.45, 2.75) is 25.3 Å². The van der Waals surface area contributed by atoms with Crippen molar-refractivity contribution < 1.29 is 9.59 Å². The molecule has 0 saturated carbocycles. The Balaban J connectivity index is 1.72. The quantitative estimate of drug-likeness (QED) is 0.834. The highest BCUT2D eigenvalue weighted by Crippen LogP contribution is 2.23. The first-order chi connectivity index (χ1) is 12.1. The molecule has 1 saturated heterocycles. The predicted molar refractivity (Wildman–Crippen MR) is 98.2 cm³/mol. The minimum Gasteiger partial charge on any atom is -0.355 e. The average Bonchev–Trinajstić information content (AvgIpc) is 3.06. The van der Waals surface area contributed by atoms with Crippen LogP contribution in [0.3, 0.4) is 0 Å². The van der Waals surface area contributed by atoms with Gasteiger partial charge in [-0.2, -0.15) is 0 Å². The standard InChI is InChI=1S/C20H21ClN2O2/c21-17-8-4-7-15(11-17)18(10-9-14-5-2-1-3-6-14)23-20(25)16-12-19(24)22-13-16/h1-8,11,16,18H,9-10,12-13H2,(H,22,24)(H,23,25)/t16-,18?/m0/s1. The molecule has 25 heavy (non-hydrogen) atoms. The molecule has 2 atom stereocenters. The smallest absolute Gasteiger partial charge is 0.225 e. The summed E-state index contributed by atoms with van der Waals surface area (Å²) in [6.45, 7) is 0.408.